The van der Waals surface area contributed by atoms with Crippen molar-refractivity contribution in [2.24, 2.45) is 0 Å². The highest BCUT2D eigenvalue weighted by atomic mass is 32.2. The van der Waals surface area contributed by atoms with E-state index in [0.29, 0.717) is 17.3 Å². The summed E-state index contributed by atoms with van der Waals surface area (Å²) >= 11 is 0. The van der Waals surface area contributed by atoms with Crippen molar-refractivity contribution in [3.8, 4) is 0 Å². The number of hydrogen-bond acceptors (Lipinski definition) is 4. The van der Waals surface area contributed by atoms with Crippen LogP contribution in [0.1, 0.15) is 28.8 Å². The molecule has 0 radical (unpaired) electrons. The van der Waals surface area contributed by atoms with Gasteiger partial charge in [-0.25, -0.2) is 17.2 Å². The molecule has 1 amide bonds. The number of likely N-dealkylation sites (tertiary alicyclic amines) is 1. The van der Waals surface area contributed by atoms with Gasteiger partial charge in [-0.05, 0) is 86.1 Å². The summed E-state index contributed by atoms with van der Waals surface area (Å²) in [5.74, 6) is -2.65. The zero-order valence-electron chi connectivity index (χ0n) is 17.7. The number of amides is 1. The van der Waals surface area contributed by atoms with E-state index in [-0.39, 0.29) is 11.6 Å². The zero-order valence-corrected chi connectivity index (χ0v) is 18.5. The average molecular weight is 472 g/mol. The quantitative estimate of drug-likeness (QED) is 0.527. The van der Waals surface area contributed by atoms with Crippen LogP contribution in [-0.2, 0) is 16.6 Å². The monoisotopic (exact) mass is 471 g/mol. The predicted molar refractivity (Wildman–Crippen MR) is 123 cm³/mol. The van der Waals surface area contributed by atoms with Crippen molar-refractivity contribution in [2.75, 3.05) is 23.1 Å². The Morgan fingerprint density at radius 1 is 0.879 bits per heavy atom. The second-order valence-corrected chi connectivity index (χ2v) is 9.58. The molecule has 0 saturated carbocycles. The lowest BCUT2D eigenvalue weighted by molar-refractivity contribution is 0.102. The molecule has 1 aliphatic heterocycles. The number of carbonyl (C=O) groups excluding carboxylic acids is 1. The summed E-state index contributed by atoms with van der Waals surface area (Å²) in [7, 11) is -4.09. The third-order valence-corrected chi connectivity index (χ3v) is 6.77. The summed E-state index contributed by atoms with van der Waals surface area (Å²) in [6.45, 7) is 2.96. The lowest BCUT2D eigenvalue weighted by atomic mass is 10.1. The zero-order chi connectivity index (χ0) is 23.4. The fourth-order valence-corrected chi connectivity index (χ4v) is 4.76. The number of halogens is 2. The van der Waals surface area contributed by atoms with Crippen LogP contribution in [0, 0.1) is 11.6 Å². The molecule has 6 nitrogen and oxygen atoms in total. The number of nitrogens with zero attached hydrogens (tertiary/aromatic N) is 1. The van der Waals surface area contributed by atoms with Crippen LogP contribution in [-0.4, -0.2) is 32.3 Å². The largest absolute Gasteiger partial charge is 0.322 e. The van der Waals surface area contributed by atoms with Gasteiger partial charge in [-0.2, -0.15) is 0 Å². The van der Waals surface area contributed by atoms with E-state index in [1.165, 1.54) is 25.0 Å². The first kappa shape index (κ1) is 22.9. The Hall–Kier alpha value is -3.30. The van der Waals surface area contributed by atoms with E-state index in [9.17, 15) is 22.0 Å². The third-order valence-electron chi connectivity index (χ3n) is 5.39. The molecule has 3 aromatic carbocycles. The Balaban J connectivity index is 1.40. The summed E-state index contributed by atoms with van der Waals surface area (Å²) < 4.78 is 53.5. The van der Waals surface area contributed by atoms with Gasteiger partial charge in [0, 0.05) is 23.5 Å². The fourth-order valence-electron chi connectivity index (χ4n) is 3.69. The fraction of sp³-hybridized carbons (Fsp3) is 0.208. The number of rotatable bonds is 7. The van der Waals surface area contributed by atoms with Gasteiger partial charge in [0.25, 0.3) is 15.9 Å². The first-order valence-electron chi connectivity index (χ1n) is 10.5. The predicted octanol–water partition coefficient (Wildman–Crippen LogP) is 4.61. The minimum absolute atomic E-state index is 0.213. The van der Waals surface area contributed by atoms with E-state index in [1.54, 1.807) is 18.2 Å². The second-order valence-electron chi connectivity index (χ2n) is 7.90. The van der Waals surface area contributed by atoms with Crippen molar-refractivity contribution in [1.29, 1.82) is 0 Å². The standard InChI is InChI=1S/C24H23F2N3O3S/c25-22-11-10-21(15-23(22)26)33(31,32)28-20-8-6-19(7-9-20)27-24(30)18-5-3-4-17(14-18)16-29-12-1-2-13-29/h3-11,14-15,28H,1-2,12-13,16H2,(H,27,30). The Morgan fingerprint density at radius 2 is 1.58 bits per heavy atom. The lowest BCUT2D eigenvalue weighted by Crippen LogP contribution is -2.19. The van der Waals surface area contributed by atoms with Crippen molar-refractivity contribution < 1.29 is 22.0 Å². The van der Waals surface area contributed by atoms with Crippen LogP contribution in [0.5, 0.6) is 0 Å². The lowest BCUT2D eigenvalue weighted by Gasteiger charge is -2.15. The molecule has 172 valence electrons. The van der Waals surface area contributed by atoms with Crippen LogP contribution in [0.25, 0.3) is 0 Å². The smallest absolute Gasteiger partial charge is 0.261 e. The van der Waals surface area contributed by atoms with Crippen LogP contribution in [0.4, 0.5) is 20.2 Å². The van der Waals surface area contributed by atoms with E-state index < -0.39 is 26.6 Å². The highest BCUT2D eigenvalue weighted by molar-refractivity contribution is 7.92. The van der Waals surface area contributed by atoms with Crippen LogP contribution in [0.3, 0.4) is 0 Å². The maximum atomic E-state index is 13.4. The van der Waals surface area contributed by atoms with E-state index in [2.05, 4.69) is 14.9 Å². The Labute approximate surface area is 191 Å². The van der Waals surface area contributed by atoms with Gasteiger partial charge in [0.05, 0.1) is 4.90 Å². The maximum absolute atomic E-state index is 13.4. The molecule has 0 unspecified atom stereocenters. The molecule has 9 heteroatoms. The molecule has 0 atom stereocenters. The molecule has 3 aromatic rings. The minimum atomic E-state index is -4.09. The Bertz CT molecular complexity index is 1260. The van der Waals surface area contributed by atoms with Gasteiger partial charge in [-0.1, -0.05) is 12.1 Å². The molecule has 1 heterocycles. The molecule has 0 aliphatic carbocycles. The second kappa shape index (κ2) is 9.68. The average Bonchev–Trinajstić information content (AvgIpc) is 3.30. The topological polar surface area (TPSA) is 78.5 Å². The normalized spacial score (nSPS) is 14.2. The van der Waals surface area contributed by atoms with E-state index in [4.69, 9.17) is 0 Å². The Kier molecular flexibility index (Phi) is 6.71. The van der Waals surface area contributed by atoms with Gasteiger partial charge < -0.3 is 5.32 Å². The van der Waals surface area contributed by atoms with Crippen LogP contribution < -0.4 is 10.0 Å². The van der Waals surface area contributed by atoms with E-state index in [0.717, 1.165) is 37.3 Å². The third kappa shape index (κ3) is 5.74. The van der Waals surface area contributed by atoms with E-state index >= 15 is 0 Å². The van der Waals surface area contributed by atoms with Gasteiger partial charge in [0.2, 0.25) is 0 Å². The van der Waals surface area contributed by atoms with Gasteiger partial charge in [-0.15, -0.1) is 0 Å². The molecule has 0 aromatic heterocycles. The van der Waals surface area contributed by atoms with Gasteiger partial charge in [0.1, 0.15) is 0 Å². The first-order valence-corrected chi connectivity index (χ1v) is 12.0. The summed E-state index contributed by atoms with van der Waals surface area (Å²) in [5.41, 5.74) is 2.31. The molecule has 2 N–H and O–H groups in total. The number of nitrogens with one attached hydrogen (secondary N) is 2. The molecule has 33 heavy (non-hydrogen) atoms. The number of benzene rings is 3. The highest BCUT2D eigenvalue weighted by Crippen LogP contribution is 2.21. The first-order chi connectivity index (χ1) is 15.8. The molecule has 1 saturated heterocycles. The summed E-state index contributed by atoms with van der Waals surface area (Å²) in [4.78, 5) is 14.6. The molecular weight excluding hydrogens is 448 g/mol. The molecule has 0 spiro atoms. The highest BCUT2D eigenvalue weighted by Gasteiger charge is 2.17. The summed E-state index contributed by atoms with van der Waals surface area (Å²) in [5, 5.41) is 2.79. The SMILES string of the molecule is O=C(Nc1ccc(NS(=O)(=O)c2ccc(F)c(F)c2)cc1)c1cccc(CN2CCCC2)c1. The number of carbonyl (C=O) groups is 1. The van der Waals surface area contributed by atoms with Gasteiger partial charge >= 0.3 is 0 Å². The van der Waals surface area contributed by atoms with Crippen LogP contribution in [0.2, 0.25) is 0 Å². The van der Waals surface area contributed by atoms with Gasteiger partial charge in [0.15, 0.2) is 11.6 Å². The molecule has 4 rings (SSSR count). The van der Waals surface area contributed by atoms with Crippen molar-refractivity contribution >= 4 is 27.3 Å². The summed E-state index contributed by atoms with van der Waals surface area (Å²) in [6, 6.07) is 15.9. The minimum Gasteiger partial charge on any atom is -0.322 e. The van der Waals surface area contributed by atoms with Crippen molar-refractivity contribution in [3.63, 3.8) is 0 Å². The molecular formula is C24H23F2N3O3S. The van der Waals surface area contributed by atoms with Crippen molar-refractivity contribution in [3.05, 3.63) is 89.5 Å². The van der Waals surface area contributed by atoms with Crippen LogP contribution in [0.15, 0.2) is 71.6 Å². The molecule has 0 bridgehead atoms. The van der Waals surface area contributed by atoms with Gasteiger partial charge in [-0.3, -0.25) is 14.4 Å². The molecule has 1 fully saturated rings. The Morgan fingerprint density at radius 3 is 2.27 bits per heavy atom. The maximum Gasteiger partial charge on any atom is 0.261 e. The van der Waals surface area contributed by atoms with Crippen LogP contribution >= 0.6 is 0 Å². The number of hydrogen-bond donors (Lipinski definition) is 2. The van der Waals surface area contributed by atoms with Crippen molar-refractivity contribution in [2.45, 2.75) is 24.3 Å². The molecule has 1 aliphatic rings. The number of sulfonamides is 1. The summed E-state index contributed by atoms with van der Waals surface area (Å²) in [6.07, 6.45) is 2.40. The van der Waals surface area contributed by atoms with E-state index in [1.807, 2.05) is 18.2 Å². The van der Waals surface area contributed by atoms with Crippen molar-refractivity contribution in [1.82, 2.24) is 4.90 Å². The number of anilines is 2.